The van der Waals surface area contributed by atoms with Crippen molar-refractivity contribution in [1.29, 1.82) is 0 Å². The van der Waals surface area contributed by atoms with Gasteiger partial charge in [-0.2, -0.15) is 0 Å². The number of anilines is 2. The number of halogens is 1. The quantitative estimate of drug-likeness (QED) is 0.832. The molecule has 0 aliphatic rings. The molecule has 2 rings (SSSR count). The average molecular weight is 293 g/mol. The Labute approximate surface area is 122 Å². The molecule has 0 aliphatic heterocycles. The van der Waals surface area contributed by atoms with E-state index in [2.05, 4.69) is 10.3 Å². The molecule has 0 saturated heterocycles. The van der Waals surface area contributed by atoms with E-state index in [1.807, 2.05) is 17.7 Å². The lowest BCUT2D eigenvalue weighted by molar-refractivity contribution is -0.116. The Morgan fingerprint density at radius 2 is 2.30 bits per heavy atom. The molecule has 0 atom stereocenters. The first-order chi connectivity index (χ1) is 9.60. The van der Waals surface area contributed by atoms with Crippen molar-refractivity contribution >= 4 is 28.9 Å². The lowest BCUT2D eigenvalue weighted by atomic mass is 10.2. The summed E-state index contributed by atoms with van der Waals surface area (Å²) in [6, 6.07) is 5.04. The highest BCUT2D eigenvalue weighted by Gasteiger charge is 2.06. The van der Waals surface area contributed by atoms with Crippen molar-refractivity contribution in [1.82, 2.24) is 9.55 Å². The summed E-state index contributed by atoms with van der Waals surface area (Å²) < 4.78 is 1.98. The molecule has 0 unspecified atom stereocenters. The molecule has 1 amide bonds. The zero-order valence-corrected chi connectivity index (χ0v) is 12.0. The van der Waals surface area contributed by atoms with Crippen molar-refractivity contribution in [2.75, 3.05) is 11.1 Å². The second-order valence-electron chi connectivity index (χ2n) is 4.42. The summed E-state index contributed by atoms with van der Waals surface area (Å²) >= 11 is 5.83. The van der Waals surface area contributed by atoms with Crippen molar-refractivity contribution in [3.63, 3.8) is 0 Å². The van der Waals surface area contributed by atoms with Gasteiger partial charge in [-0.25, -0.2) is 4.98 Å². The molecular weight excluding hydrogens is 276 g/mol. The number of carbonyl (C=O) groups is 1. The Balaban J connectivity index is 1.91. The van der Waals surface area contributed by atoms with Gasteiger partial charge in [-0.15, -0.1) is 0 Å². The number of nitrogens with two attached hydrogens (primary N) is 1. The topological polar surface area (TPSA) is 72.9 Å². The molecule has 1 aromatic carbocycles. The Morgan fingerprint density at radius 1 is 1.50 bits per heavy atom. The molecule has 6 heteroatoms. The van der Waals surface area contributed by atoms with Crippen LogP contribution in [0.3, 0.4) is 0 Å². The van der Waals surface area contributed by atoms with Crippen molar-refractivity contribution in [3.05, 3.63) is 41.4 Å². The van der Waals surface area contributed by atoms with Gasteiger partial charge in [0.25, 0.3) is 0 Å². The van der Waals surface area contributed by atoms with Gasteiger partial charge in [-0.1, -0.05) is 18.5 Å². The molecule has 0 saturated carbocycles. The molecule has 5 nitrogen and oxygen atoms in total. The summed E-state index contributed by atoms with van der Waals surface area (Å²) in [5, 5.41) is 3.28. The SMILES string of the molecule is CCc1nccn1CCC(=O)Nc1ccc(Cl)c(N)c1. The smallest absolute Gasteiger partial charge is 0.226 e. The lowest BCUT2D eigenvalue weighted by Gasteiger charge is -2.08. The molecule has 106 valence electrons. The molecule has 0 aliphatic carbocycles. The lowest BCUT2D eigenvalue weighted by Crippen LogP contribution is -2.15. The molecule has 20 heavy (non-hydrogen) atoms. The van der Waals surface area contributed by atoms with Crippen molar-refractivity contribution in [3.8, 4) is 0 Å². The molecule has 0 fully saturated rings. The third kappa shape index (κ3) is 3.51. The van der Waals surface area contributed by atoms with E-state index in [1.165, 1.54) is 0 Å². The molecule has 1 aromatic heterocycles. The van der Waals surface area contributed by atoms with E-state index in [-0.39, 0.29) is 5.91 Å². The molecule has 1 heterocycles. The highest BCUT2D eigenvalue weighted by molar-refractivity contribution is 6.33. The number of amides is 1. The molecular formula is C14H17ClN4O. The maximum atomic E-state index is 11.9. The van der Waals surface area contributed by atoms with Crippen LogP contribution in [0.15, 0.2) is 30.6 Å². The fourth-order valence-corrected chi connectivity index (χ4v) is 2.04. The van der Waals surface area contributed by atoms with Gasteiger partial charge in [0, 0.05) is 37.5 Å². The minimum absolute atomic E-state index is 0.0672. The zero-order chi connectivity index (χ0) is 14.5. The Morgan fingerprint density at radius 3 is 3.00 bits per heavy atom. The van der Waals surface area contributed by atoms with Crippen LogP contribution in [0.1, 0.15) is 19.2 Å². The fourth-order valence-electron chi connectivity index (χ4n) is 1.93. The van der Waals surface area contributed by atoms with Crippen LogP contribution >= 0.6 is 11.6 Å². The van der Waals surface area contributed by atoms with Crippen LogP contribution in [0.2, 0.25) is 5.02 Å². The summed E-state index contributed by atoms with van der Waals surface area (Å²) in [5.74, 6) is 0.913. The maximum Gasteiger partial charge on any atom is 0.226 e. The highest BCUT2D eigenvalue weighted by atomic mass is 35.5. The molecule has 3 N–H and O–H groups in total. The van der Waals surface area contributed by atoms with Gasteiger partial charge in [0.1, 0.15) is 5.82 Å². The van der Waals surface area contributed by atoms with Crippen LogP contribution in [0.25, 0.3) is 0 Å². The normalized spacial score (nSPS) is 10.5. The summed E-state index contributed by atoms with van der Waals surface area (Å²) in [7, 11) is 0. The minimum atomic E-state index is -0.0672. The van der Waals surface area contributed by atoms with Crippen LogP contribution in [-0.2, 0) is 17.8 Å². The zero-order valence-electron chi connectivity index (χ0n) is 11.3. The fraction of sp³-hybridized carbons (Fsp3) is 0.286. The Bertz CT molecular complexity index is 609. The van der Waals surface area contributed by atoms with Gasteiger partial charge in [-0.3, -0.25) is 4.79 Å². The summed E-state index contributed by atoms with van der Waals surface area (Å²) in [6.07, 6.45) is 4.86. The molecule has 0 spiro atoms. The number of nitrogens with one attached hydrogen (secondary N) is 1. The third-order valence-electron chi connectivity index (χ3n) is 2.98. The van der Waals surface area contributed by atoms with E-state index in [9.17, 15) is 4.79 Å². The number of aromatic nitrogens is 2. The summed E-state index contributed by atoms with van der Waals surface area (Å²) in [6.45, 7) is 2.65. The number of carbonyl (C=O) groups excluding carboxylic acids is 1. The molecule has 2 aromatic rings. The summed E-state index contributed by atoms with van der Waals surface area (Å²) in [5.41, 5.74) is 6.79. The predicted molar refractivity (Wildman–Crippen MR) is 80.7 cm³/mol. The van der Waals surface area contributed by atoms with Crippen LogP contribution < -0.4 is 11.1 Å². The summed E-state index contributed by atoms with van der Waals surface area (Å²) in [4.78, 5) is 16.1. The van der Waals surface area contributed by atoms with E-state index in [1.54, 1.807) is 24.4 Å². The third-order valence-corrected chi connectivity index (χ3v) is 3.32. The first-order valence-electron chi connectivity index (χ1n) is 6.45. The molecule has 0 radical (unpaired) electrons. The van der Waals surface area contributed by atoms with Gasteiger partial charge in [0.15, 0.2) is 0 Å². The molecule has 0 bridgehead atoms. The van der Waals surface area contributed by atoms with E-state index < -0.39 is 0 Å². The van der Waals surface area contributed by atoms with Gasteiger partial charge in [0.05, 0.1) is 10.7 Å². The van der Waals surface area contributed by atoms with Crippen LogP contribution in [-0.4, -0.2) is 15.5 Å². The first-order valence-corrected chi connectivity index (χ1v) is 6.83. The average Bonchev–Trinajstić information content (AvgIpc) is 2.88. The Hall–Kier alpha value is -2.01. The van der Waals surface area contributed by atoms with E-state index in [0.29, 0.717) is 29.4 Å². The van der Waals surface area contributed by atoms with Gasteiger partial charge in [0.2, 0.25) is 5.91 Å². The first kappa shape index (κ1) is 14.4. The number of benzene rings is 1. The largest absolute Gasteiger partial charge is 0.397 e. The van der Waals surface area contributed by atoms with Gasteiger partial charge >= 0.3 is 0 Å². The number of hydrogen-bond donors (Lipinski definition) is 2. The highest BCUT2D eigenvalue weighted by Crippen LogP contribution is 2.22. The van der Waals surface area contributed by atoms with Crippen molar-refractivity contribution in [2.24, 2.45) is 0 Å². The van der Waals surface area contributed by atoms with E-state index in [4.69, 9.17) is 17.3 Å². The Kier molecular flexibility index (Phi) is 4.63. The number of aryl methyl sites for hydroxylation is 2. The van der Waals surface area contributed by atoms with E-state index >= 15 is 0 Å². The van der Waals surface area contributed by atoms with Crippen LogP contribution in [0.4, 0.5) is 11.4 Å². The monoisotopic (exact) mass is 292 g/mol. The predicted octanol–water partition coefficient (Wildman–Crippen LogP) is 2.71. The number of hydrogen-bond acceptors (Lipinski definition) is 3. The maximum absolute atomic E-state index is 11.9. The van der Waals surface area contributed by atoms with Crippen LogP contribution in [0, 0.1) is 0 Å². The number of imidazole rings is 1. The number of nitrogen functional groups attached to an aromatic ring is 1. The van der Waals surface area contributed by atoms with Gasteiger partial charge < -0.3 is 15.6 Å². The minimum Gasteiger partial charge on any atom is -0.397 e. The second kappa shape index (κ2) is 6.43. The van der Waals surface area contributed by atoms with Crippen molar-refractivity contribution < 1.29 is 4.79 Å². The second-order valence-corrected chi connectivity index (χ2v) is 4.83. The van der Waals surface area contributed by atoms with Crippen molar-refractivity contribution in [2.45, 2.75) is 26.3 Å². The van der Waals surface area contributed by atoms with Gasteiger partial charge in [-0.05, 0) is 18.2 Å². The standard InChI is InChI=1S/C14H17ClN4O/c1-2-13-17-6-8-19(13)7-5-14(20)18-10-3-4-11(15)12(16)9-10/h3-4,6,8-9H,2,5,7,16H2,1H3,(H,18,20). The van der Waals surface area contributed by atoms with E-state index in [0.717, 1.165) is 12.2 Å². The van der Waals surface area contributed by atoms with Crippen LogP contribution in [0.5, 0.6) is 0 Å². The number of nitrogens with zero attached hydrogens (tertiary/aromatic N) is 2. The number of rotatable bonds is 5.